The fraction of sp³-hybridized carbons (Fsp3) is 0.562. The summed E-state index contributed by atoms with van der Waals surface area (Å²) in [5.74, 6) is 1.58. The Morgan fingerprint density at radius 1 is 1.29 bits per heavy atom. The summed E-state index contributed by atoms with van der Waals surface area (Å²) in [6.07, 6.45) is 3.12. The fourth-order valence-electron chi connectivity index (χ4n) is 2.40. The molecule has 0 saturated heterocycles. The molecule has 0 atom stereocenters. The van der Waals surface area contributed by atoms with Crippen LogP contribution in [0.3, 0.4) is 0 Å². The van der Waals surface area contributed by atoms with Gasteiger partial charge in [-0.2, -0.15) is 0 Å². The van der Waals surface area contributed by atoms with Crippen LogP contribution in [0.5, 0.6) is 0 Å². The van der Waals surface area contributed by atoms with E-state index in [-0.39, 0.29) is 0 Å². The van der Waals surface area contributed by atoms with Crippen LogP contribution in [0, 0.1) is 0 Å². The smallest absolute Gasteiger partial charge is 0.111 e. The van der Waals surface area contributed by atoms with Crippen molar-refractivity contribution in [2.45, 2.75) is 45.8 Å². The Morgan fingerprint density at radius 2 is 2.10 bits per heavy atom. The number of benzene rings is 1. The van der Waals surface area contributed by atoms with E-state index in [1.807, 2.05) is 18.2 Å². The van der Waals surface area contributed by atoms with E-state index in [0.717, 1.165) is 54.3 Å². The van der Waals surface area contributed by atoms with E-state index >= 15 is 0 Å². The molecule has 0 aliphatic rings. The van der Waals surface area contributed by atoms with Crippen molar-refractivity contribution >= 4 is 34.2 Å². The molecule has 2 rings (SSSR count). The normalized spacial score (nSPS) is 11.7. The highest BCUT2D eigenvalue weighted by Gasteiger charge is 2.12. The lowest BCUT2D eigenvalue weighted by Gasteiger charge is -2.10. The van der Waals surface area contributed by atoms with E-state index in [2.05, 4.69) is 23.4 Å². The molecule has 0 spiro atoms. The molecule has 2 aromatic rings. The molecule has 0 aliphatic heterocycles. The largest absolute Gasteiger partial charge is 0.379 e. The number of fused-ring (bicyclic) bond motifs is 1. The van der Waals surface area contributed by atoms with Crippen LogP contribution in [0.1, 0.15) is 32.5 Å². The number of rotatable bonds is 8. The first-order chi connectivity index (χ1) is 10.1. The molecule has 0 amide bonds. The van der Waals surface area contributed by atoms with Crippen molar-refractivity contribution in [3.63, 3.8) is 0 Å². The van der Waals surface area contributed by atoms with Gasteiger partial charge in [0.15, 0.2) is 0 Å². The molecule has 116 valence electrons. The zero-order valence-corrected chi connectivity index (χ0v) is 14.1. The molecule has 0 saturated carbocycles. The van der Waals surface area contributed by atoms with Crippen molar-refractivity contribution in [2.75, 3.05) is 12.5 Å². The monoisotopic (exact) mass is 328 g/mol. The molecular formula is C16H22Cl2N2O. The molecular weight excluding hydrogens is 307 g/mol. The summed E-state index contributed by atoms with van der Waals surface area (Å²) in [4.78, 5) is 4.65. The van der Waals surface area contributed by atoms with Crippen LogP contribution in [-0.4, -0.2) is 28.1 Å². The van der Waals surface area contributed by atoms with E-state index in [1.54, 1.807) is 0 Å². The van der Waals surface area contributed by atoms with Crippen molar-refractivity contribution < 1.29 is 4.74 Å². The third kappa shape index (κ3) is 4.35. The Hall–Kier alpha value is -0.770. The van der Waals surface area contributed by atoms with E-state index < -0.39 is 0 Å². The van der Waals surface area contributed by atoms with Gasteiger partial charge in [0, 0.05) is 25.5 Å². The third-order valence-corrected chi connectivity index (χ3v) is 3.84. The number of halogens is 2. The number of alkyl halides is 1. The minimum atomic E-state index is 0.292. The summed E-state index contributed by atoms with van der Waals surface area (Å²) in [5, 5.41) is 0.749. The van der Waals surface area contributed by atoms with E-state index in [4.69, 9.17) is 27.9 Å². The number of imidazole rings is 1. The van der Waals surface area contributed by atoms with Crippen LogP contribution in [-0.2, 0) is 17.7 Å². The number of unbranched alkanes of at least 4 members (excludes halogenated alkanes) is 1. The van der Waals surface area contributed by atoms with Gasteiger partial charge in [0.1, 0.15) is 5.82 Å². The quantitative estimate of drug-likeness (QED) is 0.519. The summed E-state index contributed by atoms with van der Waals surface area (Å²) < 4.78 is 7.78. The van der Waals surface area contributed by atoms with Gasteiger partial charge in [-0.05, 0) is 38.8 Å². The van der Waals surface area contributed by atoms with E-state index in [1.165, 1.54) is 0 Å². The number of para-hydroxylation sites is 1. The van der Waals surface area contributed by atoms with E-state index in [0.29, 0.717) is 12.0 Å². The molecule has 0 bridgehead atoms. The predicted octanol–water partition coefficient (Wildman–Crippen LogP) is 4.68. The summed E-state index contributed by atoms with van der Waals surface area (Å²) in [5.41, 5.74) is 1.96. The lowest BCUT2D eigenvalue weighted by Crippen LogP contribution is -2.08. The molecule has 0 aliphatic carbocycles. The SMILES string of the molecule is CC(C)OCCCCn1c(CCCl)nc2cccc(Cl)c21. The number of hydrogen-bond donors (Lipinski definition) is 0. The van der Waals surface area contributed by atoms with Gasteiger partial charge < -0.3 is 9.30 Å². The van der Waals surface area contributed by atoms with Gasteiger partial charge in [0.05, 0.1) is 22.2 Å². The Bertz CT molecular complexity index is 581. The molecule has 1 aromatic carbocycles. The Kier molecular flexibility index (Phi) is 6.34. The maximum Gasteiger partial charge on any atom is 0.111 e. The standard InChI is InChI=1S/C16H22Cl2N2O/c1-12(2)21-11-4-3-10-20-15(8-9-17)19-14-7-5-6-13(18)16(14)20/h5-7,12H,3-4,8-11H2,1-2H3. The molecule has 0 radical (unpaired) electrons. The minimum absolute atomic E-state index is 0.292. The Balaban J connectivity index is 2.10. The molecule has 0 unspecified atom stereocenters. The predicted molar refractivity (Wildman–Crippen MR) is 89.5 cm³/mol. The maximum atomic E-state index is 6.34. The van der Waals surface area contributed by atoms with Crippen molar-refractivity contribution in [1.29, 1.82) is 0 Å². The van der Waals surface area contributed by atoms with Gasteiger partial charge >= 0.3 is 0 Å². The van der Waals surface area contributed by atoms with Crippen molar-refractivity contribution in [2.24, 2.45) is 0 Å². The van der Waals surface area contributed by atoms with Crippen molar-refractivity contribution in [3.05, 3.63) is 29.0 Å². The first-order valence-electron chi connectivity index (χ1n) is 7.44. The third-order valence-electron chi connectivity index (χ3n) is 3.34. The molecule has 1 aromatic heterocycles. The summed E-state index contributed by atoms with van der Waals surface area (Å²) in [6.45, 7) is 5.81. The second kappa shape index (κ2) is 8.02. The summed E-state index contributed by atoms with van der Waals surface area (Å²) in [7, 11) is 0. The Labute approximate surface area is 136 Å². The van der Waals surface area contributed by atoms with Crippen LogP contribution >= 0.6 is 23.2 Å². The van der Waals surface area contributed by atoms with Crippen LogP contribution in [0.15, 0.2) is 18.2 Å². The number of aromatic nitrogens is 2. The topological polar surface area (TPSA) is 27.1 Å². The molecule has 5 heteroatoms. The zero-order chi connectivity index (χ0) is 15.2. The molecule has 21 heavy (non-hydrogen) atoms. The van der Waals surface area contributed by atoms with Gasteiger partial charge in [-0.25, -0.2) is 4.98 Å². The van der Waals surface area contributed by atoms with Crippen molar-refractivity contribution in [3.8, 4) is 0 Å². The molecule has 0 N–H and O–H groups in total. The fourth-order valence-corrected chi connectivity index (χ4v) is 2.84. The van der Waals surface area contributed by atoms with Crippen LogP contribution in [0.2, 0.25) is 5.02 Å². The van der Waals surface area contributed by atoms with Gasteiger partial charge in [-0.3, -0.25) is 0 Å². The maximum absolute atomic E-state index is 6.34. The number of nitrogens with zero attached hydrogens (tertiary/aromatic N) is 2. The van der Waals surface area contributed by atoms with E-state index in [9.17, 15) is 0 Å². The summed E-state index contributed by atoms with van der Waals surface area (Å²) in [6, 6.07) is 5.84. The summed E-state index contributed by atoms with van der Waals surface area (Å²) >= 11 is 12.2. The molecule has 1 heterocycles. The van der Waals surface area contributed by atoms with Gasteiger partial charge in [-0.1, -0.05) is 17.7 Å². The van der Waals surface area contributed by atoms with Crippen LogP contribution < -0.4 is 0 Å². The number of aryl methyl sites for hydroxylation is 2. The number of ether oxygens (including phenoxy) is 1. The van der Waals surface area contributed by atoms with Crippen LogP contribution in [0.4, 0.5) is 0 Å². The lowest BCUT2D eigenvalue weighted by molar-refractivity contribution is 0.0754. The molecule has 0 fully saturated rings. The van der Waals surface area contributed by atoms with Gasteiger partial charge in [0.2, 0.25) is 0 Å². The average molecular weight is 329 g/mol. The van der Waals surface area contributed by atoms with Crippen molar-refractivity contribution in [1.82, 2.24) is 9.55 Å². The highest BCUT2D eigenvalue weighted by Crippen LogP contribution is 2.25. The minimum Gasteiger partial charge on any atom is -0.379 e. The zero-order valence-electron chi connectivity index (χ0n) is 12.6. The number of hydrogen-bond acceptors (Lipinski definition) is 2. The highest BCUT2D eigenvalue weighted by molar-refractivity contribution is 6.35. The lowest BCUT2D eigenvalue weighted by atomic mass is 10.3. The first kappa shape index (κ1) is 16.6. The first-order valence-corrected chi connectivity index (χ1v) is 8.36. The second-order valence-electron chi connectivity index (χ2n) is 5.35. The average Bonchev–Trinajstić information content (AvgIpc) is 2.78. The van der Waals surface area contributed by atoms with Crippen LogP contribution in [0.25, 0.3) is 11.0 Å². The van der Waals surface area contributed by atoms with Gasteiger partial charge in [-0.15, -0.1) is 11.6 Å². The molecule has 3 nitrogen and oxygen atoms in total. The van der Waals surface area contributed by atoms with Gasteiger partial charge in [0.25, 0.3) is 0 Å². The highest BCUT2D eigenvalue weighted by atomic mass is 35.5. The Morgan fingerprint density at radius 3 is 2.81 bits per heavy atom. The second-order valence-corrected chi connectivity index (χ2v) is 6.14.